The van der Waals surface area contributed by atoms with Crippen LogP contribution < -0.4 is 10.1 Å². The van der Waals surface area contributed by atoms with Crippen molar-refractivity contribution < 1.29 is 14.3 Å². The van der Waals surface area contributed by atoms with Crippen LogP contribution in [0.1, 0.15) is 6.92 Å². The molecule has 0 heterocycles. The van der Waals surface area contributed by atoms with Gasteiger partial charge < -0.3 is 15.0 Å². The zero-order valence-corrected chi connectivity index (χ0v) is 16.2. The van der Waals surface area contributed by atoms with Crippen molar-refractivity contribution in [3.05, 3.63) is 58.0 Å². The van der Waals surface area contributed by atoms with E-state index in [9.17, 15) is 9.59 Å². The van der Waals surface area contributed by atoms with Gasteiger partial charge in [-0.3, -0.25) is 9.59 Å². The molecule has 1 atom stereocenters. The minimum absolute atomic E-state index is 0.0839. The summed E-state index contributed by atoms with van der Waals surface area (Å²) in [5.41, 5.74) is 0.581. The average molecular weight is 426 g/mol. The molecule has 1 N–H and O–H groups in total. The highest BCUT2D eigenvalue weighted by atomic mass is 79.9. The van der Waals surface area contributed by atoms with Crippen LogP contribution in [-0.2, 0) is 9.59 Å². The lowest BCUT2D eigenvalue weighted by Gasteiger charge is -2.21. The zero-order valence-electron chi connectivity index (χ0n) is 13.8. The molecule has 25 heavy (non-hydrogen) atoms. The van der Waals surface area contributed by atoms with E-state index in [1.807, 2.05) is 12.1 Å². The van der Waals surface area contributed by atoms with E-state index in [1.54, 1.807) is 50.4 Å². The quantitative estimate of drug-likeness (QED) is 0.762. The number of anilines is 1. The van der Waals surface area contributed by atoms with Gasteiger partial charge in [-0.05, 0) is 49.4 Å². The fourth-order valence-electron chi connectivity index (χ4n) is 2.14. The van der Waals surface area contributed by atoms with Gasteiger partial charge in [0.25, 0.3) is 5.91 Å². The molecule has 0 saturated heterocycles. The van der Waals surface area contributed by atoms with E-state index in [0.717, 1.165) is 4.47 Å². The molecule has 0 saturated carbocycles. The molecular weight excluding hydrogens is 408 g/mol. The van der Waals surface area contributed by atoms with Gasteiger partial charge in [-0.25, -0.2) is 0 Å². The van der Waals surface area contributed by atoms with Gasteiger partial charge in [0, 0.05) is 22.2 Å². The standard InChI is InChI=1S/C18H18BrClN2O3/c1-12(25-16-8-6-13(19)7-9-16)18(24)22(2)11-17(23)21-15-5-3-4-14(20)10-15/h3-10,12H,11H2,1-2H3,(H,21,23). The number of carbonyl (C=O) groups excluding carboxylic acids is 2. The van der Waals surface area contributed by atoms with Crippen molar-refractivity contribution in [3.63, 3.8) is 0 Å². The van der Waals surface area contributed by atoms with Crippen LogP contribution in [0.4, 0.5) is 5.69 Å². The summed E-state index contributed by atoms with van der Waals surface area (Å²) in [6.07, 6.45) is -0.704. The number of ether oxygens (including phenoxy) is 1. The Labute approximate surface area is 160 Å². The predicted molar refractivity (Wildman–Crippen MR) is 102 cm³/mol. The lowest BCUT2D eigenvalue weighted by molar-refractivity contribution is -0.139. The third kappa shape index (κ3) is 6.07. The third-order valence-corrected chi connectivity index (χ3v) is 4.10. The van der Waals surface area contributed by atoms with Crippen molar-refractivity contribution in [1.82, 2.24) is 4.90 Å². The average Bonchev–Trinajstić information content (AvgIpc) is 2.56. The van der Waals surface area contributed by atoms with Crippen LogP contribution in [-0.4, -0.2) is 36.4 Å². The van der Waals surface area contributed by atoms with Crippen LogP contribution in [0.3, 0.4) is 0 Å². The van der Waals surface area contributed by atoms with Crippen molar-refractivity contribution in [2.75, 3.05) is 18.9 Å². The molecule has 0 aliphatic heterocycles. The van der Waals surface area contributed by atoms with Gasteiger partial charge in [0.05, 0.1) is 6.54 Å². The number of rotatable bonds is 6. The monoisotopic (exact) mass is 424 g/mol. The Bertz CT molecular complexity index is 752. The maximum atomic E-state index is 12.3. The SMILES string of the molecule is CC(Oc1ccc(Br)cc1)C(=O)N(C)CC(=O)Nc1cccc(Cl)c1. The van der Waals surface area contributed by atoms with E-state index in [4.69, 9.17) is 16.3 Å². The number of benzene rings is 2. The van der Waals surface area contributed by atoms with Crippen molar-refractivity contribution in [2.24, 2.45) is 0 Å². The van der Waals surface area contributed by atoms with Crippen LogP contribution >= 0.6 is 27.5 Å². The lowest BCUT2D eigenvalue weighted by atomic mass is 10.3. The van der Waals surface area contributed by atoms with Gasteiger partial charge >= 0.3 is 0 Å². The normalized spacial score (nSPS) is 11.5. The van der Waals surface area contributed by atoms with Crippen molar-refractivity contribution in [3.8, 4) is 5.75 Å². The van der Waals surface area contributed by atoms with E-state index >= 15 is 0 Å². The first-order chi connectivity index (χ1) is 11.8. The molecule has 2 rings (SSSR count). The summed E-state index contributed by atoms with van der Waals surface area (Å²) in [4.78, 5) is 25.7. The van der Waals surface area contributed by atoms with Gasteiger partial charge in [-0.2, -0.15) is 0 Å². The largest absolute Gasteiger partial charge is 0.481 e. The van der Waals surface area contributed by atoms with E-state index in [2.05, 4.69) is 21.2 Å². The van der Waals surface area contributed by atoms with Gasteiger partial charge in [0.15, 0.2) is 6.10 Å². The molecule has 0 bridgehead atoms. The Kier molecular flexibility index (Phi) is 6.84. The van der Waals surface area contributed by atoms with Crippen LogP contribution in [0, 0.1) is 0 Å². The highest BCUT2D eigenvalue weighted by molar-refractivity contribution is 9.10. The van der Waals surface area contributed by atoms with E-state index < -0.39 is 6.10 Å². The Morgan fingerprint density at radius 2 is 1.92 bits per heavy atom. The van der Waals surface area contributed by atoms with Crippen LogP contribution in [0.25, 0.3) is 0 Å². The Hall–Kier alpha value is -2.05. The molecule has 0 aromatic heterocycles. The molecule has 0 aliphatic carbocycles. The van der Waals surface area contributed by atoms with Gasteiger partial charge in [-0.15, -0.1) is 0 Å². The van der Waals surface area contributed by atoms with Gasteiger partial charge in [0.1, 0.15) is 5.75 Å². The second-order valence-electron chi connectivity index (χ2n) is 5.47. The first kappa shape index (κ1) is 19.3. The molecule has 7 heteroatoms. The highest BCUT2D eigenvalue weighted by Crippen LogP contribution is 2.18. The molecule has 1 unspecified atom stereocenters. The molecule has 2 aromatic rings. The van der Waals surface area contributed by atoms with Crippen molar-refractivity contribution >= 4 is 45.0 Å². The summed E-state index contributed by atoms with van der Waals surface area (Å²) in [7, 11) is 1.56. The Balaban J connectivity index is 1.88. The topological polar surface area (TPSA) is 58.6 Å². The molecule has 0 aliphatic rings. The van der Waals surface area contributed by atoms with Gasteiger partial charge in [0.2, 0.25) is 5.91 Å². The zero-order chi connectivity index (χ0) is 18.4. The minimum Gasteiger partial charge on any atom is -0.481 e. The summed E-state index contributed by atoms with van der Waals surface area (Å²) < 4.78 is 6.53. The molecule has 5 nitrogen and oxygen atoms in total. The van der Waals surface area contributed by atoms with Crippen molar-refractivity contribution in [1.29, 1.82) is 0 Å². The summed E-state index contributed by atoms with van der Waals surface area (Å²) in [5, 5.41) is 3.23. The molecule has 2 aromatic carbocycles. The molecule has 132 valence electrons. The molecular formula is C18H18BrClN2O3. The van der Waals surface area contributed by atoms with E-state index in [-0.39, 0.29) is 18.4 Å². The second kappa shape index (κ2) is 8.87. The predicted octanol–water partition coefficient (Wildman–Crippen LogP) is 3.97. The van der Waals surface area contributed by atoms with E-state index in [0.29, 0.717) is 16.5 Å². The number of nitrogens with zero attached hydrogens (tertiary/aromatic N) is 1. The molecule has 0 radical (unpaired) electrons. The molecule has 0 spiro atoms. The van der Waals surface area contributed by atoms with Crippen LogP contribution in [0.5, 0.6) is 5.75 Å². The maximum absolute atomic E-state index is 12.3. The second-order valence-corrected chi connectivity index (χ2v) is 6.82. The first-order valence-electron chi connectivity index (χ1n) is 7.58. The maximum Gasteiger partial charge on any atom is 0.263 e. The van der Waals surface area contributed by atoms with E-state index in [1.165, 1.54) is 4.90 Å². The fourth-order valence-corrected chi connectivity index (χ4v) is 2.59. The fraction of sp³-hybridized carbons (Fsp3) is 0.222. The number of hydrogen-bond acceptors (Lipinski definition) is 3. The number of amides is 2. The Morgan fingerprint density at radius 3 is 2.56 bits per heavy atom. The van der Waals surface area contributed by atoms with Crippen molar-refractivity contribution in [2.45, 2.75) is 13.0 Å². The molecule has 2 amide bonds. The number of hydrogen-bond donors (Lipinski definition) is 1. The van der Waals surface area contributed by atoms with Gasteiger partial charge in [-0.1, -0.05) is 33.6 Å². The summed E-state index contributed by atoms with van der Waals surface area (Å²) in [5.74, 6) is -0.0149. The summed E-state index contributed by atoms with van der Waals surface area (Å²) in [6, 6.07) is 14.0. The molecule has 0 fully saturated rings. The highest BCUT2D eigenvalue weighted by Gasteiger charge is 2.21. The third-order valence-electron chi connectivity index (χ3n) is 3.34. The number of halogens is 2. The first-order valence-corrected chi connectivity index (χ1v) is 8.75. The van der Waals surface area contributed by atoms with Crippen LogP contribution in [0.15, 0.2) is 53.0 Å². The lowest BCUT2D eigenvalue weighted by Crippen LogP contribution is -2.41. The van der Waals surface area contributed by atoms with Crippen LogP contribution in [0.2, 0.25) is 5.02 Å². The summed E-state index contributed by atoms with van der Waals surface area (Å²) in [6.45, 7) is 1.56. The number of nitrogens with one attached hydrogen (secondary N) is 1. The minimum atomic E-state index is -0.704. The smallest absolute Gasteiger partial charge is 0.263 e. The number of carbonyl (C=O) groups is 2. The Morgan fingerprint density at radius 1 is 1.24 bits per heavy atom. The number of likely N-dealkylation sites (N-methyl/N-ethyl adjacent to an activating group) is 1. The summed E-state index contributed by atoms with van der Waals surface area (Å²) >= 11 is 9.22.